The van der Waals surface area contributed by atoms with Crippen LogP contribution in [0, 0.1) is 0 Å². The zero-order valence-corrected chi connectivity index (χ0v) is 18.9. The molecule has 0 bridgehead atoms. The van der Waals surface area contributed by atoms with Crippen LogP contribution in [0.1, 0.15) is 26.5 Å². The monoisotopic (exact) mass is 459 g/mol. The molecular formula is C23H28F3N7. The van der Waals surface area contributed by atoms with Crippen LogP contribution in [0.5, 0.6) is 0 Å². The molecule has 0 amide bonds. The number of hydrogen-bond donors (Lipinski definition) is 3. The molecule has 0 saturated heterocycles. The van der Waals surface area contributed by atoms with Gasteiger partial charge in [-0.05, 0) is 39.0 Å². The van der Waals surface area contributed by atoms with Gasteiger partial charge in [-0.3, -0.25) is 9.98 Å². The van der Waals surface area contributed by atoms with Gasteiger partial charge in [0.05, 0.1) is 35.6 Å². The lowest BCUT2D eigenvalue weighted by atomic mass is 10.1. The quantitative estimate of drug-likeness (QED) is 0.333. The number of hydrogen-bond acceptors (Lipinski definition) is 6. The first kappa shape index (κ1) is 24.1. The first-order valence-corrected chi connectivity index (χ1v) is 10.3. The van der Waals surface area contributed by atoms with Gasteiger partial charge < -0.3 is 21.4 Å². The van der Waals surface area contributed by atoms with E-state index in [9.17, 15) is 13.2 Å². The van der Waals surface area contributed by atoms with Gasteiger partial charge >= 0.3 is 6.18 Å². The van der Waals surface area contributed by atoms with Gasteiger partial charge in [-0.25, -0.2) is 4.99 Å². The highest BCUT2D eigenvalue weighted by molar-refractivity contribution is 6.13. The molecule has 3 rings (SSSR count). The van der Waals surface area contributed by atoms with Crippen molar-refractivity contribution in [2.24, 2.45) is 20.7 Å². The smallest absolute Gasteiger partial charge is 0.404 e. The number of nitrogens with zero attached hydrogens (tertiary/aromatic N) is 4. The van der Waals surface area contributed by atoms with Gasteiger partial charge in [0.2, 0.25) is 0 Å². The molecule has 0 radical (unpaired) electrons. The predicted octanol–water partition coefficient (Wildman–Crippen LogP) is 3.80. The van der Waals surface area contributed by atoms with Crippen LogP contribution in [0.4, 0.5) is 18.9 Å². The Kier molecular flexibility index (Phi) is 6.66. The van der Waals surface area contributed by atoms with Gasteiger partial charge in [0.1, 0.15) is 6.54 Å². The second-order valence-electron chi connectivity index (χ2n) is 8.71. The van der Waals surface area contributed by atoms with Crippen molar-refractivity contribution in [1.29, 1.82) is 0 Å². The largest absolute Gasteiger partial charge is 0.406 e. The van der Waals surface area contributed by atoms with E-state index in [1.54, 1.807) is 30.5 Å². The topological polar surface area (TPSA) is 106 Å². The zero-order valence-electron chi connectivity index (χ0n) is 18.9. The Bertz CT molecular complexity index is 1180. The number of aliphatic imine (C=N–C) groups is 3. The summed E-state index contributed by atoms with van der Waals surface area (Å²) in [5.41, 5.74) is 14.3. The van der Waals surface area contributed by atoms with E-state index in [4.69, 9.17) is 11.5 Å². The summed E-state index contributed by atoms with van der Waals surface area (Å²) in [7, 11) is 0. The molecule has 0 aliphatic carbocycles. The van der Waals surface area contributed by atoms with Crippen LogP contribution >= 0.6 is 0 Å². The summed E-state index contributed by atoms with van der Waals surface area (Å²) < 4.78 is 41.0. The molecule has 1 aliphatic rings. The summed E-state index contributed by atoms with van der Waals surface area (Å²) >= 11 is 0. The Morgan fingerprint density at radius 2 is 2.03 bits per heavy atom. The molecule has 1 aliphatic heterocycles. The molecule has 0 unspecified atom stereocenters. The van der Waals surface area contributed by atoms with E-state index in [0.717, 1.165) is 4.57 Å². The first-order valence-electron chi connectivity index (χ1n) is 10.3. The van der Waals surface area contributed by atoms with Crippen molar-refractivity contribution >= 4 is 34.4 Å². The van der Waals surface area contributed by atoms with E-state index in [-0.39, 0.29) is 23.6 Å². The molecule has 1 aromatic carbocycles. The average Bonchev–Trinajstić information content (AvgIpc) is 3.30. The van der Waals surface area contributed by atoms with Gasteiger partial charge in [-0.1, -0.05) is 12.6 Å². The van der Waals surface area contributed by atoms with Gasteiger partial charge in [-0.2, -0.15) is 13.2 Å². The molecule has 7 nitrogen and oxygen atoms in total. The molecule has 0 spiro atoms. The van der Waals surface area contributed by atoms with Crippen LogP contribution in [0.2, 0.25) is 0 Å². The molecule has 0 saturated carbocycles. The Morgan fingerprint density at radius 3 is 2.67 bits per heavy atom. The van der Waals surface area contributed by atoms with Gasteiger partial charge in [0.15, 0.2) is 5.84 Å². The maximum Gasteiger partial charge on any atom is 0.406 e. The van der Waals surface area contributed by atoms with Crippen LogP contribution in [0.25, 0.3) is 10.9 Å². The third-order valence-corrected chi connectivity index (χ3v) is 4.85. The van der Waals surface area contributed by atoms with E-state index in [1.807, 2.05) is 20.8 Å². The first-order chi connectivity index (χ1) is 15.4. The predicted molar refractivity (Wildman–Crippen MR) is 129 cm³/mol. The number of aromatic nitrogens is 1. The molecule has 2 heterocycles. The molecular weight excluding hydrogens is 431 g/mol. The van der Waals surface area contributed by atoms with Crippen molar-refractivity contribution in [3.63, 3.8) is 0 Å². The highest BCUT2D eigenvalue weighted by atomic mass is 19.4. The summed E-state index contributed by atoms with van der Waals surface area (Å²) in [5.74, 6) is 0.237. The van der Waals surface area contributed by atoms with E-state index in [1.165, 1.54) is 6.20 Å². The number of nitrogens with two attached hydrogens (primary N) is 2. The van der Waals surface area contributed by atoms with Gasteiger partial charge in [0.25, 0.3) is 0 Å². The average molecular weight is 460 g/mol. The van der Waals surface area contributed by atoms with E-state index in [2.05, 4.69) is 26.9 Å². The number of halogens is 3. The Labute approximate surface area is 190 Å². The van der Waals surface area contributed by atoms with E-state index < -0.39 is 12.7 Å². The fourth-order valence-corrected chi connectivity index (χ4v) is 3.26. The summed E-state index contributed by atoms with van der Waals surface area (Å²) in [6, 6.07) is 6.48. The second-order valence-corrected chi connectivity index (χ2v) is 8.71. The zero-order chi connectivity index (χ0) is 24.4. The minimum Gasteiger partial charge on any atom is -0.404 e. The Morgan fingerprint density at radius 1 is 1.30 bits per heavy atom. The van der Waals surface area contributed by atoms with Gasteiger partial charge in [-0.15, -0.1) is 0 Å². The second kappa shape index (κ2) is 9.13. The number of nitrogens with one attached hydrogen (secondary N) is 1. The maximum atomic E-state index is 13.3. The van der Waals surface area contributed by atoms with Gasteiger partial charge in [0, 0.05) is 34.8 Å². The van der Waals surface area contributed by atoms with E-state index in [0.29, 0.717) is 40.1 Å². The summed E-state index contributed by atoms with van der Waals surface area (Å²) in [6.45, 7) is 9.28. The number of fused-ring (bicyclic) bond motifs is 1. The SMILES string of the molecule is C=C(NCC1=NC(c2cc3c(N)cccc3n2CC(F)(F)F)=NC1)/C(C=NC(C)(C)C)=C/N. The van der Waals surface area contributed by atoms with Crippen molar-refractivity contribution in [2.45, 2.75) is 39.0 Å². The fourth-order valence-electron chi connectivity index (χ4n) is 3.26. The minimum absolute atomic E-state index is 0.237. The van der Waals surface area contributed by atoms with Crippen LogP contribution in [-0.4, -0.2) is 47.1 Å². The standard InChI is InChI=1S/C23H28F3N7/c1-14(15(9-27)10-31-22(2,3)4)29-11-16-12-30-21(32-16)20-8-17-18(28)6-5-7-19(17)33(20)13-23(24,25)26/h5-10,29H,1,11-13,27-28H2,2-4H3/b15-9+,31-10?. The van der Waals surface area contributed by atoms with Crippen LogP contribution in [0.15, 0.2) is 63.3 Å². The number of anilines is 1. The van der Waals surface area contributed by atoms with E-state index >= 15 is 0 Å². The summed E-state index contributed by atoms with van der Waals surface area (Å²) in [6.07, 6.45) is -1.35. The summed E-state index contributed by atoms with van der Waals surface area (Å²) in [5, 5.41) is 3.66. The molecule has 33 heavy (non-hydrogen) atoms. The lowest BCUT2D eigenvalue weighted by molar-refractivity contribution is -0.139. The third-order valence-electron chi connectivity index (χ3n) is 4.85. The minimum atomic E-state index is -4.41. The van der Waals surface area contributed by atoms with Crippen molar-refractivity contribution in [1.82, 2.24) is 9.88 Å². The normalized spacial score (nSPS) is 15.3. The number of nitrogen functional groups attached to an aromatic ring is 1. The van der Waals surface area contributed by atoms with Crippen molar-refractivity contribution in [3.05, 3.63) is 54.0 Å². The number of amidine groups is 1. The van der Waals surface area contributed by atoms with Crippen molar-refractivity contribution in [2.75, 3.05) is 18.8 Å². The van der Waals surface area contributed by atoms with Crippen molar-refractivity contribution < 1.29 is 13.2 Å². The molecule has 10 heteroatoms. The number of benzene rings is 1. The lowest BCUT2D eigenvalue weighted by Crippen LogP contribution is -2.25. The molecule has 176 valence electrons. The molecule has 0 fully saturated rings. The Balaban J connectivity index is 1.79. The highest BCUT2D eigenvalue weighted by Crippen LogP contribution is 2.30. The highest BCUT2D eigenvalue weighted by Gasteiger charge is 2.31. The number of rotatable bonds is 7. The number of alkyl halides is 3. The molecule has 5 N–H and O–H groups in total. The van der Waals surface area contributed by atoms with Crippen LogP contribution < -0.4 is 16.8 Å². The summed E-state index contributed by atoms with van der Waals surface area (Å²) in [4.78, 5) is 13.2. The van der Waals surface area contributed by atoms with Crippen molar-refractivity contribution in [3.8, 4) is 0 Å². The molecule has 1 aromatic heterocycles. The lowest BCUT2D eigenvalue weighted by Gasteiger charge is -2.14. The van der Waals surface area contributed by atoms with Crippen LogP contribution in [-0.2, 0) is 6.54 Å². The maximum absolute atomic E-state index is 13.3. The fraction of sp³-hybridized carbons (Fsp3) is 0.348. The molecule has 2 aromatic rings. The molecule has 0 atom stereocenters. The van der Waals surface area contributed by atoms with Crippen LogP contribution in [0.3, 0.4) is 0 Å². The number of allylic oxidation sites excluding steroid dienone is 1. The Hall–Kier alpha value is -3.56. The third kappa shape index (κ3) is 6.03.